The van der Waals surface area contributed by atoms with Gasteiger partial charge in [0, 0.05) is 18.7 Å². The normalized spacial score (nSPS) is 11.5. The molecule has 2 amide bonds. The Morgan fingerprint density at radius 3 is 2.53 bits per heavy atom. The van der Waals surface area contributed by atoms with E-state index in [-0.39, 0.29) is 22.8 Å². The Kier molecular flexibility index (Phi) is 4.41. The first-order chi connectivity index (χ1) is 8.86. The fourth-order valence-corrected chi connectivity index (χ4v) is 1.40. The van der Waals surface area contributed by atoms with Crippen molar-refractivity contribution in [2.24, 2.45) is 5.73 Å². The first-order valence-corrected chi connectivity index (χ1v) is 5.43. The molecule has 1 aromatic rings. The summed E-state index contributed by atoms with van der Waals surface area (Å²) in [4.78, 5) is 32.7. The topological polar surface area (TPSA) is 127 Å². The Balaban J connectivity index is 3.19. The zero-order valence-electron chi connectivity index (χ0n) is 10.5. The van der Waals surface area contributed by atoms with Gasteiger partial charge in [-0.1, -0.05) is 0 Å². The van der Waals surface area contributed by atoms with Gasteiger partial charge in [-0.15, -0.1) is 0 Å². The highest BCUT2D eigenvalue weighted by atomic mass is 16.6. The second-order valence-corrected chi connectivity index (χ2v) is 3.84. The molecule has 0 aliphatic heterocycles. The molecule has 4 N–H and O–H groups in total. The molecule has 0 fully saturated rings. The van der Waals surface area contributed by atoms with Gasteiger partial charge in [-0.3, -0.25) is 19.7 Å². The van der Waals surface area contributed by atoms with E-state index in [0.29, 0.717) is 0 Å². The van der Waals surface area contributed by atoms with Crippen LogP contribution in [0, 0.1) is 10.1 Å². The van der Waals surface area contributed by atoms with Crippen LogP contribution >= 0.6 is 0 Å². The number of benzene rings is 1. The first-order valence-electron chi connectivity index (χ1n) is 5.43. The number of rotatable bonds is 5. The molecule has 102 valence electrons. The Morgan fingerprint density at radius 1 is 1.42 bits per heavy atom. The van der Waals surface area contributed by atoms with Crippen LogP contribution in [0.3, 0.4) is 0 Å². The molecular formula is C11H14N4O4. The van der Waals surface area contributed by atoms with Gasteiger partial charge in [0.05, 0.1) is 4.92 Å². The third-order valence-electron chi connectivity index (χ3n) is 2.48. The van der Waals surface area contributed by atoms with Crippen molar-refractivity contribution in [3.05, 3.63) is 33.9 Å². The highest BCUT2D eigenvalue weighted by Crippen LogP contribution is 2.26. The molecule has 1 atom stereocenters. The van der Waals surface area contributed by atoms with Gasteiger partial charge in [0.1, 0.15) is 11.7 Å². The van der Waals surface area contributed by atoms with Crippen LogP contribution in [0.5, 0.6) is 0 Å². The highest BCUT2D eigenvalue weighted by Gasteiger charge is 2.19. The Labute approximate surface area is 109 Å². The standard InChI is InChI=1S/C11H14N4O4/c1-6(10(12)16)14-8-5-7(11(17)13-2)3-4-9(8)15(18)19/h3-6,14H,1-2H3,(H2,12,16)(H,13,17). The van der Waals surface area contributed by atoms with Crippen molar-refractivity contribution in [3.63, 3.8) is 0 Å². The minimum Gasteiger partial charge on any atom is -0.368 e. The number of nitro groups is 1. The van der Waals surface area contributed by atoms with E-state index in [4.69, 9.17) is 5.73 Å². The molecule has 0 aliphatic rings. The Hall–Kier alpha value is -2.64. The second-order valence-electron chi connectivity index (χ2n) is 3.84. The molecule has 0 saturated carbocycles. The van der Waals surface area contributed by atoms with E-state index >= 15 is 0 Å². The largest absolute Gasteiger partial charge is 0.368 e. The maximum atomic E-state index is 11.5. The molecule has 8 heteroatoms. The number of nitrogens with one attached hydrogen (secondary N) is 2. The lowest BCUT2D eigenvalue weighted by molar-refractivity contribution is -0.384. The number of nitro benzene ring substituents is 1. The third-order valence-corrected chi connectivity index (χ3v) is 2.48. The zero-order chi connectivity index (χ0) is 14.6. The summed E-state index contributed by atoms with van der Waals surface area (Å²) < 4.78 is 0. The van der Waals surface area contributed by atoms with E-state index in [9.17, 15) is 19.7 Å². The number of nitrogens with two attached hydrogens (primary N) is 1. The van der Waals surface area contributed by atoms with Crippen molar-refractivity contribution in [1.82, 2.24) is 5.32 Å². The van der Waals surface area contributed by atoms with Gasteiger partial charge >= 0.3 is 0 Å². The Bertz CT molecular complexity index is 529. The number of hydrogen-bond donors (Lipinski definition) is 3. The van der Waals surface area contributed by atoms with Crippen molar-refractivity contribution in [2.45, 2.75) is 13.0 Å². The molecule has 8 nitrogen and oxygen atoms in total. The molecule has 0 radical (unpaired) electrons. The molecule has 0 aliphatic carbocycles. The fourth-order valence-electron chi connectivity index (χ4n) is 1.40. The highest BCUT2D eigenvalue weighted by molar-refractivity contribution is 5.96. The van der Waals surface area contributed by atoms with Crippen LogP contribution in [0.4, 0.5) is 11.4 Å². The molecule has 0 spiro atoms. The maximum Gasteiger partial charge on any atom is 0.292 e. The van der Waals surface area contributed by atoms with E-state index < -0.39 is 16.9 Å². The van der Waals surface area contributed by atoms with Crippen molar-refractivity contribution in [3.8, 4) is 0 Å². The molecule has 0 aromatic heterocycles. The molecule has 0 saturated heterocycles. The molecule has 0 heterocycles. The predicted molar refractivity (Wildman–Crippen MR) is 68.8 cm³/mol. The number of carbonyl (C=O) groups is 2. The molecule has 1 aromatic carbocycles. The van der Waals surface area contributed by atoms with Gasteiger partial charge in [0.2, 0.25) is 5.91 Å². The number of anilines is 1. The molecular weight excluding hydrogens is 252 g/mol. The lowest BCUT2D eigenvalue weighted by Gasteiger charge is -2.12. The minimum atomic E-state index is -0.793. The number of hydrogen-bond acceptors (Lipinski definition) is 5. The summed E-state index contributed by atoms with van der Waals surface area (Å²) in [7, 11) is 1.45. The summed E-state index contributed by atoms with van der Waals surface area (Å²) in [6, 6.07) is 3.03. The van der Waals surface area contributed by atoms with Crippen LogP contribution in [-0.2, 0) is 4.79 Å². The molecule has 19 heavy (non-hydrogen) atoms. The minimum absolute atomic E-state index is 0.0670. The van der Waals surface area contributed by atoms with Crippen LogP contribution in [-0.4, -0.2) is 29.8 Å². The van der Waals surface area contributed by atoms with Gasteiger partial charge in [-0.2, -0.15) is 0 Å². The van der Waals surface area contributed by atoms with Crippen LogP contribution in [0.1, 0.15) is 17.3 Å². The van der Waals surface area contributed by atoms with Crippen molar-refractivity contribution < 1.29 is 14.5 Å². The van der Waals surface area contributed by atoms with Gasteiger partial charge in [-0.05, 0) is 19.1 Å². The first kappa shape index (κ1) is 14.4. The number of primary amides is 1. The van der Waals surface area contributed by atoms with E-state index in [2.05, 4.69) is 10.6 Å². The molecule has 1 rings (SSSR count). The summed E-state index contributed by atoms with van der Waals surface area (Å²) in [5.74, 6) is -1.04. The zero-order valence-corrected chi connectivity index (χ0v) is 10.5. The van der Waals surface area contributed by atoms with Crippen molar-refractivity contribution in [2.75, 3.05) is 12.4 Å². The quantitative estimate of drug-likeness (QED) is 0.519. The van der Waals surface area contributed by atoms with Crippen LogP contribution in [0.15, 0.2) is 18.2 Å². The SMILES string of the molecule is CNC(=O)c1ccc([N+](=O)[O-])c(NC(C)C(N)=O)c1. The van der Waals surface area contributed by atoms with E-state index in [1.807, 2.05) is 0 Å². The van der Waals surface area contributed by atoms with E-state index in [0.717, 1.165) is 0 Å². The van der Waals surface area contributed by atoms with Crippen LogP contribution < -0.4 is 16.4 Å². The smallest absolute Gasteiger partial charge is 0.292 e. The van der Waals surface area contributed by atoms with Crippen molar-refractivity contribution in [1.29, 1.82) is 0 Å². The lowest BCUT2D eigenvalue weighted by Crippen LogP contribution is -2.32. The van der Waals surface area contributed by atoms with Crippen LogP contribution in [0.2, 0.25) is 0 Å². The predicted octanol–water partition coefficient (Wildman–Crippen LogP) is 0.240. The average Bonchev–Trinajstić information content (AvgIpc) is 2.37. The maximum absolute atomic E-state index is 11.5. The monoisotopic (exact) mass is 266 g/mol. The fraction of sp³-hybridized carbons (Fsp3) is 0.273. The number of carbonyl (C=O) groups excluding carboxylic acids is 2. The summed E-state index contributed by atoms with van der Waals surface area (Å²) >= 11 is 0. The number of amides is 2. The van der Waals surface area contributed by atoms with Crippen LogP contribution in [0.25, 0.3) is 0 Å². The van der Waals surface area contributed by atoms with E-state index in [1.165, 1.54) is 32.2 Å². The van der Waals surface area contributed by atoms with E-state index in [1.54, 1.807) is 0 Å². The van der Waals surface area contributed by atoms with Crippen molar-refractivity contribution >= 4 is 23.2 Å². The van der Waals surface area contributed by atoms with Gasteiger partial charge < -0.3 is 16.4 Å². The number of nitrogens with zero attached hydrogens (tertiary/aromatic N) is 1. The van der Waals surface area contributed by atoms with Gasteiger partial charge in [-0.25, -0.2) is 0 Å². The summed E-state index contributed by atoms with van der Waals surface area (Å²) in [6.45, 7) is 1.47. The summed E-state index contributed by atoms with van der Waals surface area (Å²) in [5.41, 5.74) is 5.16. The lowest BCUT2D eigenvalue weighted by atomic mass is 10.1. The third kappa shape index (κ3) is 3.41. The van der Waals surface area contributed by atoms with Gasteiger partial charge in [0.25, 0.3) is 11.6 Å². The molecule has 1 unspecified atom stereocenters. The Morgan fingerprint density at radius 2 is 2.05 bits per heavy atom. The molecule has 0 bridgehead atoms. The second kappa shape index (κ2) is 5.80. The summed E-state index contributed by atoms with van der Waals surface area (Å²) in [6.07, 6.45) is 0. The average molecular weight is 266 g/mol. The van der Waals surface area contributed by atoms with Gasteiger partial charge in [0.15, 0.2) is 0 Å². The summed E-state index contributed by atoms with van der Waals surface area (Å²) in [5, 5.41) is 15.9.